The van der Waals surface area contributed by atoms with Crippen LogP contribution in [-0.2, 0) is 0 Å². The molecule has 0 spiro atoms. The predicted octanol–water partition coefficient (Wildman–Crippen LogP) is 1.82. The van der Waals surface area contributed by atoms with E-state index in [1.165, 1.54) is 51.6 Å². The lowest BCUT2D eigenvalue weighted by Gasteiger charge is -2.31. The van der Waals surface area contributed by atoms with Crippen molar-refractivity contribution in [1.29, 1.82) is 0 Å². The molecule has 2 heteroatoms. The lowest BCUT2D eigenvalue weighted by Crippen LogP contribution is -2.95. The van der Waals surface area contributed by atoms with Gasteiger partial charge in [0.05, 0.1) is 6.54 Å². The maximum Gasteiger partial charge on any atom is 0.145 e. The van der Waals surface area contributed by atoms with Crippen LogP contribution in [0.3, 0.4) is 0 Å². The third kappa shape index (κ3) is 2.39. The van der Waals surface area contributed by atoms with Gasteiger partial charge in [-0.1, -0.05) is 26.7 Å². The van der Waals surface area contributed by atoms with Gasteiger partial charge in [-0.3, -0.25) is 0 Å². The van der Waals surface area contributed by atoms with Crippen molar-refractivity contribution in [3.63, 3.8) is 0 Å². The third-order valence-corrected chi connectivity index (χ3v) is 5.67. The van der Waals surface area contributed by atoms with Gasteiger partial charge in [0, 0.05) is 18.4 Å². The first-order valence-electron chi connectivity index (χ1n) is 7.83. The second-order valence-corrected chi connectivity index (χ2v) is 6.98. The summed E-state index contributed by atoms with van der Waals surface area (Å²) in [5.74, 6) is 2.93. The van der Waals surface area contributed by atoms with Crippen molar-refractivity contribution in [1.82, 2.24) is 4.90 Å². The van der Waals surface area contributed by atoms with Crippen LogP contribution in [0.4, 0.5) is 0 Å². The molecule has 0 amide bonds. The third-order valence-electron chi connectivity index (χ3n) is 5.67. The summed E-state index contributed by atoms with van der Waals surface area (Å²) in [5, 5.41) is 2.74. The number of fused-ring (bicyclic) bond motifs is 1. The van der Waals surface area contributed by atoms with Crippen LogP contribution < -0.4 is 5.32 Å². The van der Waals surface area contributed by atoms with Crippen molar-refractivity contribution in [3.8, 4) is 0 Å². The molecule has 3 fully saturated rings. The van der Waals surface area contributed by atoms with Crippen molar-refractivity contribution < 1.29 is 5.32 Å². The Hall–Kier alpha value is -0.0800. The number of nitrogens with two attached hydrogens (primary N) is 1. The fraction of sp³-hybridized carbons (Fsp3) is 1.00. The van der Waals surface area contributed by atoms with Gasteiger partial charge in [0.25, 0.3) is 0 Å². The average Bonchev–Trinajstić information content (AvgIpc) is 2.75. The standard InChI is InChI=1S/C15H28N2/c1-11-5-7-13(8-6-11)14-10-17-9-3-4-12(2)15(17)16-14/h11-16H,3-10H2,1-2H3/p+1. The van der Waals surface area contributed by atoms with Crippen LogP contribution in [-0.4, -0.2) is 30.2 Å². The first-order valence-corrected chi connectivity index (χ1v) is 7.83. The molecular weight excluding hydrogens is 208 g/mol. The maximum absolute atomic E-state index is 2.77. The van der Waals surface area contributed by atoms with E-state index in [1.54, 1.807) is 0 Å². The van der Waals surface area contributed by atoms with Crippen molar-refractivity contribution in [2.75, 3.05) is 13.1 Å². The van der Waals surface area contributed by atoms with Gasteiger partial charge in [-0.15, -0.1) is 0 Å². The Labute approximate surface area is 106 Å². The number of rotatable bonds is 1. The molecule has 0 aromatic heterocycles. The molecule has 1 aliphatic carbocycles. The largest absolute Gasteiger partial charge is 0.327 e. The minimum absolute atomic E-state index is 0.827. The molecule has 1 saturated carbocycles. The molecule has 0 aromatic carbocycles. The zero-order valence-corrected chi connectivity index (χ0v) is 11.6. The van der Waals surface area contributed by atoms with Crippen LogP contribution in [0, 0.1) is 17.8 Å². The SMILES string of the molecule is CC1CCC(C2CN3CCCC(C)C3[NH2+]2)CC1. The molecule has 0 bridgehead atoms. The van der Waals surface area contributed by atoms with Gasteiger partial charge in [0.15, 0.2) is 0 Å². The predicted molar refractivity (Wildman–Crippen MR) is 70.6 cm³/mol. The summed E-state index contributed by atoms with van der Waals surface area (Å²) in [5.41, 5.74) is 0. The zero-order chi connectivity index (χ0) is 11.8. The highest BCUT2D eigenvalue weighted by atomic mass is 15.4. The van der Waals surface area contributed by atoms with Crippen molar-refractivity contribution >= 4 is 0 Å². The minimum atomic E-state index is 0.827. The van der Waals surface area contributed by atoms with E-state index in [2.05, 4.69) is 24.1 Å². The van der Waals surface area contributed by atoms with Crippen LogP contribution in [0.15, 0.2) is 0 Å². The molecule has 2 heterocycles. The second kappa shape index (κ2) is 4.89. The quantitative estimate of drug-likeness (QED) is 0.737. The van der Waals surface area contributed by atoms with Crippen LogP contribution in [0.2, 0.25) is 0 Å². The summed E-state index contributed by atoms with van der Waals surface area (Å²) in [6.45, 7) is 7.64. The molecule has 3 aliphatic rings. The monoisotopic (exact) mass is 237 g/mol. The fourth-order valence-electron chi connectivity index (χ4n) is 4.43. The van der Waals surface area contributed by atoms with E-state index in [-0.39, 0.29) is 0 Å². The molecule has 2 aliphatic heterocycles. The highest BCUT2D eigenvalue weighted by Crippen LogP contribution is 2.32. The van der Waals surface area contributed by atoms with Gasteiger partial charge in [0.2, 0.25) is 0 Å². The summed E-state index contributed by atoms with van der Waals surface area (Å²) in [6.07, 6.45) is 9.67. The van der Waals surface area contributed by atoms with Gasteiger partial charge < -0.3 is 5.32 Å². The van der Waals surface area contributed by atoms with E-state index in [0.717, 1.165) is 30.0 Å². The fourth-order valence-corrected chi connectivity index (χ4v) is 4.43. The van der Waals surface area contributed by atoms with Crippen LogP contribution in [0.1, 0.15) is 52.4 Å². The van der Waals surface area contributed by atoms with E-state index in [9.17, 15) is 0 Å². The number of nitrogens with zero attached hydrogens (tertiary/aromatic N) is 1. The van der Waals surface area contributed by atoms with Crippen LogP contribution in [0.5, 0.6) is 0 Å². The Morgan fingerprint density at radius 1 is 1.00 bits per heavy atom. The summed E-state index contributed by atoms with van der Waals surface area (Å²) in [4.78, 5) is 2.77. The summed E-state index contributed by atoms with van der Waals surface area (Å²) in [7, 11) is 0. The first kappa shape index (κ1) is 12.0. The molecule has 0 radical (unpaired) electrons. The normalized spacial score (nSPS) is 48.0. The van der Waals surface area contributed by atoms with Gasteiger partial charge >= 0.3 is 0 Å². The Bertz CT molecular complexity index is 258. The van der Waals surface area contributed by atoms with Gasteiger partial charge in [-0.25, -0.2) is 4.90 Å². The molecule has 0 aromatic rings. The summed E-state index contributed by atoms with van der Waals surface area (Å²) >= 11 is 0. The van der Waals surface area contributed by atoms with E-state index in [1.807, 2.05) is 0 Å². The lowest BCUT2D eigenvalue weighted by molar-refractivity contribution is -0.722. The lowest BCUT2D eigenvalue weighted by atomic mass is 9.79. The topological polar surface area (TPSA) is 19.9 Å². The van der Waals surface area contributed by atoms with Crippen molar-refractivity contribution in [2.24, 2.45) is 17.8 Å². The van der Waals surface area contributed by atoms with Gasteiger partial charge in [0.1, 0.15) is 12.2 Å². The number of hydrogen-bond acceptors (Lipinski definition) is 1. The van der Waals surface area contributed by atoms with Gasteiger partial charge in [-0.2, -0.15) is 0 Å². The van der Waals surface area contributed by atoms with E-state index in [4.69, 9.17) is 0 Å². The van der Waals surface area contributed by atoms with Crippen LogP contribution >= 0.6 is 0 Å². The Kier molecular flexibility index (Phi) is 3.45. The molecule has 3 unspecified atom stereocenters. The minimum Gasteiger partial charge on any atom is -0.327 e. The average molecular weight is 237 g/mol. The summed E-state index contributed by atoms with van der Waals surface area (Å²) < 4.78 is 0. The molecule has 3 rings (SSSR count). The first-order chi connectivity index (χ1) is 8.24. The molecule has 17 heavy (non-hydrogen) atoms. The molecule has 3 atom stereocenters. The smallest absolute Gasteiger partial charge is 0.145 e. The number of hydrogen-bond donors (Lipinski definition) is 1. The van der Waals surface area contributed by atoms with E-state index < -0.39 is 0 Å². The Balaban J connectivity index is 1.59. The van der Waals surface area contributed by atoms with E-state index in [0.29, 0.717) is 0 Å². The Morgan fingerprint density at radius 2 is 1.76 bits per heavy atom. The summed E-state index contributed by atoms with van der Waals surface area (Å²) in [6, 6.07) is 0.924. The molecular formula is C15H29N2+. The molecule has 2 N–H and O–H groups in total. The van der Waals surface area contributed by atoms with Crippen molar-refractivity contribution in [3.05, 3.63) is 0 Å². The second-order valence-electron chi connectivity index (χ2n) is 6.98. The maximum atomic E-state index is 2.77. The van der Waals surface area contributed by atoms with E-state index >= 15 is 0 Å². The zero-order valence-electron chi connectivity index (χ0n) is 11.6. The molecule has 2 saturated heterocycles. The van der Waals surface area contributed by atoms with Gasteiger partial charge in [-0.05, 0) is 31.6 Å². The van der Waals surface area contributed by atoms with Crippen molar-refractivity contribution in [2.45, 2.75) is 64.6 Å². The number of piperidine rings is 1. The Morgan fingerprint density at radius 3 is 2.47 bits per heavy atom. The number of quaternary nitrogens is 1. The molecule has 98 valence electrons. The highest BCUT2D eigenvalue weighted by Gasteiger charge is 2.43. The highest BCUT2D eigenvalue weighted by molar-refractivity contribution is 4.85. The molecule has 2 nitrogen and oxygen atoms in total. The van der Waals surface area contributed by atoms with Crippen LogP contribution in [0.25, 0.3) is 0 Å².